The van der Waals surface area contributed by atoms with E-state index in [-0.39, 0.29) is 30.9 Å². The van der Waals surface area contributed by atoms with Gasteiger partial charge in [0, 0.05) is 12.0 Å². The van der Waals surface area contributed by atoms with Crippen molar-refractivity contribution in [3.05, 3.63) is 59.7 Å². The first-order chi connectivity index (χ1) is 16.1. The molecule has 2 aromatic rings. The predicted octanol–water partition coefficient (Wildman–Crippen LogP) is 4.28. The summed E-state index contributed by atoms with van der Waals surface area (Å²) in [5, 5.41) is 14.7. The van der Waals surface area contributed by atoms with Crippen molar-refractivity contribution in [2.75, 3.05) is 6.61 Å². The number of benzene rings is 2. The minimum atomic E-state index is -1.14. The van der Waals surface area contributed by atoms with E-state index in [0.29, 0.717) is 6.42 Å². The number of carbonyl (C=O) groups is 3. The first-order valence-electron chi connectivity index (χ1n) is 11.5. The number of carbonyl (C=O) groups excluding carboxylic acids is 2. The lowest BCUT2D eigenvalue weighted by molar-refractivity contribution is -0.139. The zero-order valence-electron chi connectivity index (χ0n) is 19.5. The second-order valence-corrected chi connectivity index (χ2v) is 9.84. The van der Waals surface area contributed by atoms with Crippen LogP contribution in [-0.2, 0) is 14.3 Å². The molecule has 0 aliphatic heterocycles. The van der Waals surface area contributed by atoms with E-state index in [1.54, 1.807) is 20.8 Å². The molecule has 2 aliphatic carbocycles. The SMILES string of the molecule is CC(C)(C)OC(=O)N[C@H](C[C@@H]1C[C@H]1NC(=O)OCC1c2ccccc2-c2ccccc21)C(=O)O. The van der Waals surface area contributed by atoms with Gasteiger partial charge >= 0.3 is 18.2 Å². The maximum atomic E-state index is 12.4. The van der Waals surface area contributed by atoms with Gasteiger partial charge < -0.3 is 25.2 Å². The predicted molar refractivity (Wildman–Crippen MR) is 126 cm³/mol. The molecule has 8 nitrogen and oxygen atoms in total. The van der Waals surface area contributed by atoms with E-state index in [0.717, 1.165) is 22.3 Å². The summed E-state index contributed by atoms with van der Waals surface area (Å²) in [7, 11) is 0. The minimum absolute atomic E-state index is 0.0254. The largest absolute Gasteiger partial charge is 0.480 e. The molecule has 0 saturated heterocycles. The molecule has 180 valence electrons. The number of alkyl carbamates (subject to hydrolysis) is 2. The molecule has 34 heavy (non-hydrogen) atoms. The number of hydrogen-bond donors (Lipinski definition) is 3. The van der Waals surface area contributed by atoms with E-state index in [1.807, 2.05) is 24.3 Å². The van der Waals surface area contributed by atoms with E-state index in [9.17, 15) is 19.5 Å². The van der Waals surface area contributed by atoms with Gasteiger partial charge in [0.2, 0.25) is 0 Å². The molecule has 2 aliphatic rings. The summed E-state index contributed by atoms with van der Waals surface area (Å²) >= 11 is 0. The lowest BCUT2D eigenvalue weighted by Gasteiger charge is -2.22. The van der Waals surface area contributed by atoms with Crippen LogP contribution in [0.25, 0.3) is 11.1 Å². The summed E-state index contributed by atoms with van der Waals surface area (Å²) in [6, 6.07) is 15.0. The zero-order valence-corrected chi connectivity index (χ0v) is 19.5. The molecular formula is C26H30N2O6. The van der Waals surface area contributed by atoms with Crippen LogP contribution in [0, 0.1) is 5.92 Å². The van der Waals surface area contributed by atoms with Gasteiger partial charge in [-0.15, -0.1) is 0 Å². The van der Waals surface area contributed by atoms with Crippen molar-refractivity contribution < 1.29 is 29.0 Å². The van der Waals surface area contributed by atoms with Crippen molar-refractivity contribution >= 4 is 18.2 Å². The topological polar surface area (TPSA) is 114 Å². The molecule has 1 fully saturated rings. The molecule has 0 heterocycles. The number of carboxylic acid groups (broad SMARTS) is 1. The average molecular weight is 467 g/mol. The number of rotatable bonds is 7. The van der Waals surface area contributed by atoms with Crippen LogP contribution >= 0.6 is 0 Å². The van der Waals surface area contributed by atoms with Crippen LogP contribution in [0.4, 0.5) is 9.59 Å². The smallest absolute Gasteiger partial charge is 0.408 e. The van der Waals surface area contributed by atoms with Gasteiger partial charge in [0.1, 0.15) is 18.2 Å². The number of amides is 2. The third-order valence-electron chi connectivity index (χ3n) is 6.10. The Kier molecular flexibility index (Phi) is 6.50. The summed E-state index contributed by atoms with van der Waals surface area (Å²) in [5.74, 6) is -1.23. The highest BCUT2D eigenvalue weighted by atomic mass is 16.6. The molecule has 2 aromatic carbocycles. The Balaban J connectivity index is 1.27. The van der Waals surface area contributed by atoms with Crippen molar-refractivity contribution in [3.8, 4) is 11.1 Å². The number of fused-ring (bicyclic) bond motifs is 3. The standard InChI is InChI=1S/C26H30N2O6/c1-26(2,3)34-25(32)28-22(23(29)30)13-15-12-21(15)27-24(31)33-14-20-18-10-6-4-8-16(18)17-9-5-7-11-19(17)20/h4-11,15,20-22H,12-14H2,1-3H3,(H,27,31)(H,28,32)(H,29,30)/t15-,21+,22+/m0/s1. The van der Waals surface area contributed by atoms with Gasteiger partial charge in [0.15, 0.2) is 0 Å². The number of carboxylic acids is 1. The maximum absolute atomic E-state index is 12.4. The van der Waals surface area contributed by atoms with Crippen LogP contribution in [0.2, 0.25) is 0 Å². The number of nitrogens with one attached hydrogen (secondary N) is 2. The summed E-state index contributed by atoms with van der Waals surface area (Å²) < 4.78 is 10.7. The Bertz CT molecular complexity index is 1050. The van der Waals surface area contributed by atoms with E-state index in [4.69, 9.17) is 9.47 Å². The maximum Gasteiger partial charge on any atom is 0.408 e. The fraction of sp³-hybridized carbons (Fsp3) is 0.423. The van der Waals surface area contributed by atoms with E-state index < -0.39 is 29.8 Å². The first kappa shape index (κ1) is 23.6. The van der Waals surface area contributed by atoms with Crippen LogP contribution < -0.4 is 10.6 Å². The Labute approximate surface area is 198 Å². The van der Waals surface area contributed by atoms with Crippen LogP contribution in [0.3, 0.4) is 0 Å². The third kappa shape index (κ3) is 5.50. The molecule has 2 amide bonds. The molecule has 4 rings (SSSR count). The van der Waals surface area contributed by atoms with Gasteiger partial charge in [-0.05, 0) is 61.8 Å². The quantitative estimate of drug-likeness (QED) is 0.561. The van der Waals surface area contributed by atoms with Crippen molar-refractivity contribution in [2.45, 2.75) is 57.2 Å². The molecule has 3 N–H and O–H groups in total. The molecule has 0 spiro atoms. The normalized spacial score (nSPS) is 19.4. The van der Waals surface area contributed by atoms with E-state index >= 15 is 0 Å². The molecule has 0 radical (unpaired) electrons. The minimum Gasteiger partial charge on any atom is -0.480 e. The molecular weight excluding hydrogens is 436 g/mol. The number of aliphatic carboxylic acids is 1. The van der Waals surface area contributed by atoms with Gasteiger partial charge in [-0.2, -0.15) is 0 Å². The van der Waals surface area contributed by atoms with Gasteiger partial charge in [-0.1, -0.05) is 48.5 Å². The molecule has 0 bridgehead atoms. The van der Waals surface area contributed by atoms with Crippen molar-refractivity contribution in [1.82, 2.24) is 10.6 Å². The Morgan fingerprint density at radius 3 is 2.15 bits per heavy atom. The number of hydrogen-bond acceptors (Lipinski definition) is 5. The highest BCUT2D eigenvalue weighted by Gasteiger charge is 2.42. The lowest BCUT2D eigenvalue weighted by Crippen LogP contribution is -2.44. The van der Waals surface area contributed by atoms with E-state index in [2.05, 4.69) is 34.9 Å². The van der Waals surface area contributed by atoms with Gasteiger partial charge in [0.25, 0.3) is 0 Å². The monoisotopic (exact) mass is 466 g/mol. The highest BCUT2D eigenvalue weighted by Crippen LogP contribution is 2.44. The van der Waals surface area contributed by atoms with Gasteiger partial charge in [-0.25, -0.2) is 14.4 Å². The first-order valence-corrected chi connectivity index (χ1v) is 11.5. The number of ether oxygens (including phenoxy) is 2. The molecule has 0 unspecified atom stereocenters. The fourth-order valence-electron chi connectivity index (χ4n) is 4.45. The average Bonchev–Trinajstić information content (AvgIpc) is 3.40. The van der Waals surface area contributed by atoms with Crippen molar-refractivity contribution in [3.63, 3.8) is 0 Å². The summed E-state index contributed by atoms with van der Waals surface area (Å²) in [6.07, 6.45) is -0.477. The molecule has 8 heteroatoms. The highest BCUT2D eigenvalue weighted by molar-refractivity contribution is 5.80. The second-order valence-electron chi connectivity index (χ2n) is 9.84. The summed E-state index contributed by atoms with van der Waals surface area (Å²) in [5.41, 5.74) is 3.87. The second kappa shape index (κ2) is 9.37. The van der Waals surface area contributed by atoms with Gasteiger partial charge in [-0.3, -0.25) is 0 Å². The molecule has 0 aromatic heterocycles. The van der Waals surface area contributed by atoms with Crippen LogP contribution in [-0.4, -0.2) is 47.6 Å². The van der Waals surface area contributed by atoms with Crippen LogP contribution in [0.15, 0.2) is 48.5 Å². The zero-order chi connectivity index (χ0) is 24.5. The summed E-state index contributed by atoms with van der Waals surface area (Å²) in [6.45, 7) is 5.34. The summed E-state index contributed by atoms with van der Waals surface area (Å²) in [4.78, 5) is 35.9. The fourth-order valence-corrected chi connectivity index (χ4v) is 4.45. The Morgan fingerprint density at radius 2 is 1.59 bits per heavy atom. The molecule has 1 saturated carbocycles. The lowest BCUT2D eigenvalue weighted by atomic mass is 9.98. The van der Waals surface area contributed by atoms with E-state index in [1.165, 1.54) is 0 Å². The Morgan fingerprint density at radius 1 is 1.00 bits per heavy atom. The van der Waals surface area contributed by atoms with Crippen LogP contribution in [0.5, 0.6) is 0 Å². The Hall–Kier alpha value is -3.55. The van der Waals surface area contributed by atoms with Crippen LogP contribution in [0.1, 0.15) is 50.7 Å². The van der Waals surface area contributed by atoms with Crippen molar-refractivity contribution in [1.29, 1.82) is 0 Å². The van der Waals surface area contributed by atoms with Crippen molar-refractivity contribution in [2.24, 2.45) is 5.92 Å². The van der Waals surface area contributed by atoms with Gasteiger partial charge in [0.05, 0.1) is 0 Å². The third-order valence-corrected chi connectivity index (χ3v) is 6.10. The molecule has 3 atom stereocenters.